The standard InChI is InChI=1S/C13H13Cl2NO/c1-7-9-5-13(9,6-12(17)16-7)8-2-3-10(14)11(15)4-8/h2-4,7,9H,5-6H2,1H3,(H,16,17). The molecule has 0 bridgehead atoms. The molecule has 1 aromatic carbocycles. The van der Waals surface area contributed by atoms with Crippen LogP contribution in [0.4, 0.5) is 0 Å². The van der Waals surface area contributed by atoms with Crippen molar-refractivity contribution in [2.75, 3.05) is 0 Å². The van der Waals surface area contributed by atoms with Crippen LogP contribution in [0.15, 0.2) is 18.2 Å². The van der Waals surface area contributed by atoms with Gasteiger partial charge >= 0.3 is 0 Å². The maximum Gasteiger partial charge on any atom is 0.221 e. The van der Waals surface area contributed by atoms with E-state index in [0.717, 1.165) is 12.0 Å². The highest BCUT2D eigenvalue weighted by Gasteiger charge is 2.61. The molecule has 1 saturated heterocycles. The van der Waals surface area contributed by atoms with E-state index >= 15 is 0 Å². The average molecular weight is 270 g/mol. The second-order valence-corrected chi connectivity index (χ2v) is 5.94. The lowest BCUT2D eigenvalue weighted by Crippen LogP contribution is -2.43. The van der Waals surface area contributed by atoms with Gasteiger partial charge in [0.25, 0.3) is 0 Å². The Labute approximate surface area is 110 Å². The van der Waals surface area contributed by atoms with E-state index in [0.29, 0.717) is 22.4 Å². The third-order valence-electron chi connectivity index (χ3n) is 4.10. The third kappa shape index (κ3) is 1.66. The summed E-state index contributed by atoms with van der Waals surface area (Å²) in [5, 5.41) is 4.13. The summed E-state index contributed by atoms with van der Waals surface area (Å²) in [5.41, 5.74) is 1.16. The maximum atomic E-state index is 11.7. The number of rotatable bonds is 1. The van der Waals surface area contributed by atoms with Crippen LogP contribution in [-0.4, -0.2) is 11.9 Å². The minimum absolute atomic E-state index is 0.00990. The minimum Gasteiger partial charge on any atom is -0.353 e. The van der Waals surface area contributed by atoms with Gasteiger partial charge in [0.2, 0.25) is 5.91 Å². The van der Waals surface area contributed by atoms with E-state index in [1.54, 1.807) is 0 Å². The first-order chi connectivity index (χ1) is 8.03. The quantitative estimate of drug-likeness (QED) is 0.834. The summed E-state index contributed by atoms with van der Waals surface area (Å²) >= 11 is 12.0. The summed E-state index contributed by atoms with van der Waals surface area (Å²) in [4.78, 5) is 11.7. The van der Waals surface area contributed by atoms with Crippen LogP contribution in [0.25, 0.3) is 0 Å². The summed E-state index contributed by atoms with van der Waals surface area (Å²) in [5.74, 6) is 0.676. The lowest BCUT2D eigenvalue weighted by atomic mass is 9.85. The SMILES string of the molecule is CC1NC(=O)CC2(c3ccc(Cl)c(Cl)c3)CC12. The molecular formula is C13H13Cl2NO. The number of benzene rings is 1. The van der Waals surface area contributed by atoms with Gasteiger partial charge in [-0.05, 0) is 37.0 Å². The van der Waals surface area contributed by atoms with Crippen molar-refractivity contribution >= 4 is 29.1 Å². The maximum absolute atomic E-state index is 11.7. The molecular weight excluding hydrogens is 257 g/mol. The second-order valence-electron chi connectivity index (χ2n) is 5.13. The van der Waals surface area contributed by atoms with E-state index in [1.807, 2.05) is 18.2 Å². The Hall–Kier alpha value is -0.730. The summed E-state index contributed by atoms with van der Waals surface area (Å²) in [6, 6.07) is 5.99. The average Bonchev–Trinajstić information content (AvgIpc) is 2.98. The molecule has 1 aromatic rings. The molecule has 1 aliphatic heterocycles. The monoisotopic (exact) mass is 269 g/mol. The van der Waals surface area contributed by atoms with Gasteiger partial charge in [-0.1, -0.05) is 29.3 Å². The van der Waals surface area contributed by atoms with Gasteiger partial charge in [0, 0.05) is 17.9 Å². The molecule has 0 aromatic heterocycles. The Kier molecular flexibility index (Phi) is 2.43. The van der Waals surface area contributed by atoms with Crippen molar-refractivity contribution in [2.45, 2.75) is 31.2 Å². The number of hydrogen-bond donors (Lipinski definition) is 1. The molecule has 0 radical (unpaired) electrons. The molecule has 1 N–H and O–H groups in total. The van der Waals surface area contributed by atoms with Crippen molar-refractivity contribution < 1.29 is 4.79 Å². The first kappa shape index (κ1) is 11.4. The zero-order valence-electron chi connectivity index (χ0n) is 9.47. The van der Waals surface area contributed by atoms with E-state index in [9.17, 15) is 4.79 Å². The summed E-state index contributed by atoms with van der Waals surface area (Å²) < 4.78 is 0. The largest absolute Gasteiger partial charge is 0.353 e. The van der Waals surface area contributed by atoms with Gasteiger partial charge in [0.05, 0.1) is 10.0 Å². The molecule has 1 amide bonds. The van der Waals surface area contributed by atoms with Gasteiger partial charge in [-0.3, -0.25) is 4.79 Å². The van der Waals surface area contributed by atoms with Crippen LogP contribution in [0.5, 0.6) is 0 Å². The van der Waals surface area contributed by atoms with Crippen LogP contribution >= 0.6 is 23.2 Å². The van der Waals surface area contributed by atoms with Gasteiger partial charge in [-0.25, -0.2) is 0 Å². The molecule has 90 valence electrons. The number of carbonyl (C=O) groups excluding carboxylic acids is 1. The Morgan fingerprint density at radius 1 is 1.35 bits per heavy atom. The number of nitrogens with one attached hydrogen (secondary N) is 1. The highest BCUT2D eigenvalue weighted by atomic mass is 35.5. The van der Waals surface area contributed by atoms with Crippen molar-refractivity contribution in [3.05, 3.63) is 33.8 Å². The first-order valence-electron chi connectivity index (χ1n) is 5.78. The Balaban J connectivity index is 1.99. The van der Waals surface area contributed by atoms with E-state index in [2.05, 4.69) is 12.2 Å². The van der Waals surface area contributed by atoms with Gasteiger partial charge in [-0.15, -0.1) is 0 Å². The van der Waals surface area contributed by atoms with Gasteiger partial charge in [0.1, 0.15) is 0 Å². The smallest absolute Gasteiger partial charge is 0.221 e. The van der Waals surface area contributed by atoms with E-state index in [4.69, 9.17) is 23.2 Å². The topological polar surface area (TPSA) is 29.1 Å². The van der Waals surface area contributed by atoms with Crippen LogP contribution < -0.4 is 5.32 Å². The van der Waals surface area contributed by atoms with Crippen LogP contribution in [0.3, 0.4) is 0 Å². The predicted molar refractivity (Wildman–Crippen MR) is 68.5 cm³/mol. The number of fused-ring (bicyclic) bond motifs is 1. The highest BCUT2D eigenvalue weighted by molar-refractivity contribution is 6.42. The fourth-order valence-corrected chi connectivity index (χ4v) is 3.42. The molecule has 0 spiro atoms. The number of halogens is 2. The Morgan fingerprint density at radius 2 is 2.12 bits per heavy atom. The normalized spacial score (nSPS) is 35.1. The van der Waals surface area contributed by atoms with Crippen molar-refractivity contribution in [3.63, 3.8) is 0 Å². The molecule has 3 rings (SSSR count). The molecule has 2 aliphatic rings. The fourth-order valence-electron chi connectivity index (χ4n) is 3.12. The zero-order chi connectivity index (χ0) is 12.2. The lowest BCUT2D eigenvalue weighted by Gasteiger charge is -2.27. The molecule has 1 aliphatic carbocycles. The van der Waals surface area contributed by atoms with Gasteiger partial charge in [0.15, 0.2) is 0 Å². The minimum atomic E-state index is 0.00990. The number of piperidine rings is 1. The van der Waals surface area contributed by atoms with Crippen molar-refractivity contribution in [1.82, 2.24) is 5.32 Å². The van der Waals surface area contributed by atoms with E-state index in [1.165, 1.54) is 0 Å². The molecule has 1 heterocycles. The summed E-state index contributed by atoms with van der Waals surface area (Å²) in [6.07, 6.45) is 1.63. The highest BCUT2D eigenvalue weighted by Crippen LogP contribution is 2.60. The Bertz CT molecular complexity index is 502. The molecule has 3 unspecified atom stereocenters. The van der Waals surface area contributed by atoms with Crippen molar-refractivity contribution in [1.29, 1.82) is 0 Å². The van der Waals surface area contributed by atoms with Gasteiger partial charge in [-0.2, -0.15) is 0 Å². The third-order valence-corrected chi connectivity index (χ3v) is 4.84. The van der Waals surface area contributed by atoms with Crippen LogP contribution in [0.2, 0.25) is 10.0 Å². The molecule has 17 heavy (non-hydrogen) atoms. The van der Waals surface area contributed by atoms with Crippen LogP contribution in [-0.2, 0) is 10.2 Å². The first-order valence-corrected chi connectivity index (χ1v) is 6.53. The number of carbonyl (C=O) groups is 1. The molecule has 1 saturated carbocycles. The van der Waals surface area contributed by atoms with E-state index < -0.39 is 0 Å². The predicted octanol–water partition coefficient (Wildman–Crippen LogP) is 3.16. The number of hydrogen-bond acceptors (Lipinski definition) is 1. The van der Waals surface area contributed by atoms with Crippen LogP contribution in [0.1, 0.15) is 25.3 Å². The summed E-state index contributed by atoms with van der Waals surface area (Å²) in [6.45, 7) is 2.07. The fraction of sp³-hybridized carbons (Fsp3) is 0.462. The molecule has 4 heteroatoms. The zero-order valence-corrected chi connectivity index (χ0v) is 11.0. The van der Waals surface area contributed by atoms with Crippen LogP contribution in [0, 0.1) is 5.92 Å². The summed E-state index contributed by atoms with van der Waals surface area (Å²) in [7, 11) is 0. The van der Waals surface area contributed by atoms with Crippen molar-refractivity contribution in [2.24, 2.45) is 5.92 Å². The molecule has 2 nitrogen and oxygen atoms in total. The van der Waals surface area contributed by atoms with Gasteiger partial charge < -0.3 is 5.32 Å². The molecule has 3 atom stereocenters. The Morgan fingerprint density at radius 3 is 2.82 bits per heavy atom. The molecule has 2 fully saturated rings. The lowest BCUT2D eigenvalue weighted by molar-refractivity contribution is -0.123. The van der Waals surface area contributed by atoms with E-state index in [-0.39, 0.29) is 17.4 Å². The second kappa shape index (κ2) is 3.63. The van der Waals surface area contributed by atoms with Crippen molar-refractivity contribution in [3.8, 4) is 0 Å². The number of amides is 1.